The molecular weight excluding hydrogens is 266 g/mol. The molecule has 0 aliphatic rings. The Kier molecular flexibility index (Phi) is 4.29. The molecule has 4 nitrogen and oxygen atoms in total. The molecule has 21 heavy (non-hydrogen) atoms. The summed E-state index contributed by atoms with van der Waals surface area (Å²) in [6, 6.07) is 14.0. The lowest BCUT2D eigenvalue weighted by molar-refractivity contribution is 0.0525. The molecule has 0 spiro atoms. The van der Waals surface area contributed by atoms with Crippen molar-refractivity contribution in [2.75, 3.05) is 6.54 Å². The molecule has 0 heterocycles. The first-order chi connectivity index (χ1) is 9.90. The van der Waals surface area contributed by atoms with Gasteiger partial charge in [-0.2, -0.15) is 0 Å². The summed E-state index contributed by atoms with van der Waals surface area (Å²) in [6.45, 7) is 3.53. The molecule has 3 N–H and O–H groups in total. The predicted octanol–water partition coefficient (Wildman–Crippen LogP) is 2.34. The van der Waals surface area contributed by atoms with Crippen LogP contribution < -0.4 is 5.32 Å². The van der Waals surface area contributed by atoms with Gasteiger partial charge in [-0.25, -0.2) is 0 Å². The van der Waals surface area contributed by atoms with E-state index in [0.717, 1.165) is 11.1 Å². The fourth-order valence-corrected chi connectivity index (χ4v) is 2.08. The number of nitrogens with one attached hydrogen (secondary N) is 1. The summed E-state index contributed by atoms with van der Waals surface area (Å²) in [4.78, 5) is 12.1. The summed E-state index contributed by atoms with van der Waals surface area (Å²) in [5.74, 6) is -0.476. The molecule has 1 amide bonds. The number of amides is 1. The molecule has 0 aliphatic heterocycles. The molecule has 2 rings (SSSR count). The number of aliphatic hydroxyl groups is 1. The number of benzene rings is 2. The van der Waals surface area contributed by atoms with E-state index in [-0.39, 0.29) is 17.9 Å². The van der Waals surface area contributed by atoms with Gasteiger partial charge < -0.3 is 15.5 Å². The Balaban J connectivity index is 2.07. The monoisotopic (exact) mass is 285 g/mol. The number of aromatic hydroxyl groups is 1. The predicted molar refractivity (Wildman–Crippen MR) is 81.2 cm³/mol. The first kappa shape index (κ1) is 15.1. The van der Waals surface area contributed by atoms with Crippen molar-refractivity contribution >= 4 is 5.91 Å². The van der Waals surface area contributed by atoms with Gasteiger partial charge in [0.1, 0.15) is 11.4 Å². The van der Waals surface area contributed by atoms with Gasteiger partial charge >= 0.3 is 0 Å². The second-order valence-electron chi connectivity index (χ2n) is 5.34. The van der Waals surface area contributed by atoms with Gasteiger partial charge in [0.25, 0.3) is 5.91 Å². The fraction of sp³-hybridized carbons (Fsp3) is 0.235. The molecular formula is C17H19NO3. The first-order valence-electron chi connectivity index (χ1n) is 6.76. The van der Waals surface area contributed by atoms with Gasteiger partial charge in [-0.1, -0.05) is 36.4 Å². The molecule has 0 saturated heterocycles. The van der Waals surface area contributed by atoms with Gasteiger partial charge in [-0.05, 0) is 37.1 Å². The highest BCUT2D eigenvalue weighted by Crippen LogP contribution is 2.21. The van der Waals surface area contributed by atoms with Gasteiger partial charge in [0.05, 0.1) is 12.1 Å². The van der Waals surface area contributed by atoms with Crippen LogP contribution in [0.15, 0.2) is 48.5 Å². The van der Waals surface area contributed by atoms with Gasteiger partial charge in [0.15, 0.2) is 0 Å². The van der Waals surface area contributed by atoms with Crippen LogP contribution in [0.4, 0.5) is 0 Å². The molecule has 110 valence electrons. The van der Waals surface area contributed by atoms with Gasteiger partial charge in [0, 0.05) is 0 Å². The summed E-state index contributed by atoms with van der Waals surface area (Å²) >= 11 is 0. The molecule has 2 aromatic rings. The zero-order valence-electron chi connectivity index (χ0n) is 12.1. The summed E-state index contributed by atoms with van der Waals surface area (Å²) in [5.41, 5.74) is 0.625. The summed E-state index contributed by atoms with van der Waals surface area (Å²) in [5, 5.41) is 22.9. The molecule has 0 bridgehead atoms. The number of rotatable bonds is 4. The van der Waals surface area contributed by atoms with E-state index >= 15 is 0 Å². The van der Waals surface area contributed by atoms with Crippen molar-refractivity contribution in [1.29, 1.82) is 0 Å². The van der Waals surface area contributed by atoms with Crippen LogP contribution in [0.3, 0.4) is 0 Å². The van der Waals surface area contributed by atoms with Crippen LogP contribution >= 0.6 is 0 Å². The molecule has 0 radical (unpaired) electrons. The van der Waals surface area contributed by atoms with Crippen LogP contribution in [-0.4, -0.2) is 22.7 Å². The molecule has 2 aromatic carbocycles. The third-order valence-electron chi connectivity index (χ3n) is 3.39. The quantitative estimate of drug-likeness (QED) is 0.807. The Morgan fingerprint density at radius 2 is 1.86 bits per heavy atom. The fourth-order valence-electron chi connectivity index (χ4n) is 2.08. The summed E-state index contributed by atoms with van der Waals surface area (Å²) in [6.07, 6.45) is 0. The second-order valence-corrected chi connectivity index (χ2v) is 5.34. The Hall–Kier alpha value is -2.33. The molecule has 0 fully saturated rings. The normalized spacial score (nSPS) is 13.5. The number of carbonyl (C=O) groups is 1. The zero-order chi connectivity index (χ0) is 15.5. The SMILES string of the molecule is Cc1ccc(C(=O)NCC(C)(O)c2ccccc2)c(O)c1. The molecule has 0 aliphatic carbocycles. The Labute approximate surface area is 124 Å². The Bertz CT molecular complexity index is 636. The van der Waals surface area contributed by atoms with Crippen molar-refractivity contribution < 1.29 is 15.0 Å². The summed E-state index contributed by atoms with van der Waals surface area (Å²) in [7, 11) is 0. The maximum absolute atomic E-state index is 12.1. The maximum atomic E-state index is 12.1. The van der Waals surface area contributed by atoms with E-state index < -0.39 is 11.5 Å². The van der Waals surface area contributed by atoms with Crippen LogP contribution in [0.1, 0.15) is 28.4 Å². The topological polar surface area (TPSA) is 69.6 Å². The van der Waals surface area contributed by atoms with Crippen LogP contribution in [0.25, 0.3) is 0 Å². The van der Waals surface area contributed by atoms with Crippen molar-refractivity contribution in [3.63, 3.8) is 0 Å². The molecule has 4 heteroatoms. The van der Waals surface area contributed by atoms with Gasteiger partial charge in [-0.3, -0.25) is 4.79 Å². The lowest BCUT2D eigenvalue weighted by Crippen LogP contribution is -2.38. The van der Waals surface area contributed by atoms with Gasteiger partial charge in [0.2, 0.25) is 0 Å². The van der Waals surface area contributed by atoms with E-state index in [0.29, 0.717) is 0 Å². The van der Waals surface area contributed by atoms with Crippen LogP contribution in [0, 0.1) is 6.92 Å². The number of phenols is 1. The highest BCUT2D eigenvalue weighted by atomic mass is 16.3. The van der Waals surface area contributed by atoms with Crippen LogP contribution in [0.5, 0.6) is 5.75 Å². The third kappa shape index (κ3) is 3.61. The number of hydrogen-bond donors (Lipinski definition) is 3. The first-order valence-corrected chi connectivity index (χ1v) is 6.76. The van der Waals surface area contributed by atoms with E-state index in [1.165, 1.54) is 6.07 Å². The van der Waals surface area contributed by atoms with E-state index in [2.05, 4.69) is 5.32 Å². The van der Waals surface area contributed by atoms with Crippen LogP contribution in [-0.2, 0) is 5.60 Å². The highest BCUT2D eigenvalue weighted by molar-refractivity contribution is 5.96. The van der Waals surface area contributed by atoms with E-state index in [1.54, 1.807) is 31.2 Å². The number of carbonyl (C=O) groups excluding carboxylic acids is 1. The standard InChI is InChI=1S/C17H19NO3/c1-12-8-9-14(15(19)10-12)16(20)18-11-17(2,21)13-6-4-3-5-7-13/h3-10,19,21H,11H2,1-2H3,(H,18,20). The second kappa shape index (κ2) is 5.97. The molecule has 1 unspecified atom stereocenters. The van der Waals surface area contributed by atoms with Crippen LogP contribution in [0.2, 0.25) is 0 Å². The zero-order valence-corrected chi connectivity index (χ0v) is 12.1. The molecule has 1 atom stereocenters. The van der Waals surface area contributed by atoms with Crippen molar-refractivity contribution in [1.82, 2.24) is 5.32 Å². The largest absolute Gasteiger partial charge is 0.507 e. The smallest absolute Gasteiger partial charge is 0.255 e. The highest BCUT2D eigenvalue weighted by Gasteiger charge is 2.24. The van der Waals surface area contributed by atoms with E-state index in [1.807, 2.05) is 25.1 Å². The molecule has 0 saturated carbocycles. The average Bonchev–Trinajstić information content (AvgIpc) is 2.46. The number of phenolic OH excluding ortho intramolecular Hbond substituents is 1. The minimum absolute atomic E-state index is 0.0587. The molecule has 0 aromatic heterocycles. The lowest BCUT2D eigenvalue weighted by atomic mass is 9.96. The van der Waals surface area contributed by atoms with Crippen molar-refractivity contribution in [3.05, 3.63) is 65.2 Å². The van der Waals surface area contributed by atoms with E-state index in [4.69, 9.17) is 0 Å². The third-order valence-corrected chi connectivity index (χ3v) is 3.39. The number of aryl methyl sites for hydroxylation is 1. The van der Waals surface area contributed by atoms with Crippen molar-refractivity contribution in [3.8, 4) is 5.75 Å². The minimum atomic E-state index is -1.17. The van der Waals surface area contributed by atoms with Crippen molar-refractivity contribution in [2.24, 2.45) is 0 Å². The van der Waals surface area contributed by atoms with Crippen molar-refractivity contribution in [2.45, 2.75) is 19.4 Å². The average molecular weight is 285 g/mol. The minimum Gasteiger partial charge on any atom is -0.507 e. The Morgan fingerprint density at radius 3 is 2.48 bits per heavy atom. The summed E-state index contributed by atoms with van der Waals surface area (Å²) < 4.78 is 0. The maximum Gasteiger partial charge on any atom is 0.255 e. The van der Waals surface area contributed by atoms with Gasteiger partial charge in [-0.15, -0.1) is 0 Å². The van der Waals surface area contributed by atoms with E-state index in [9.17, 15) is 15.0 Å². The Morgan fingerprint density at radius 1 is 1.19 bits per heavy atom. The number of hydrogen-bond acceptors (Lipinski definition) is 3. The lowest BCUT2D eigenvalue weighted by Gasteiger charge is -2.24.